The summed E-state index contributed by atoms with van der Waals surface area (Å²) >= 11 is 0. The Morgan fingerprint density at radius 3 is 2.78 bits per heavy atom. The highest BCUT2D eigenvalue weighted by molar-refractivity contribution is 5.96. The second-order valence-corrected chi connectivity index (χ2v) is 4.34. The lowest BCUT2D eigenvalue weighted by Crippen LogP contribution is -2.11. The van der Waals surface area contributed by atoms with Crippen LogP contribution in [0.25, 0.3) is 10.9 Å². The average molecular weight is 244 g/mol. The van der Waals surface area contributed by atoms with Crippen LogP contribution in [0.5, 0.6) is 0 Å². The lowest BCUT2D eigenvalue weighted by molar-refractivity contribution is 0.695. The van der Waals surface area contributed by atoms with Gasteiger partial charge in [0.25, 0.3) is 0 Å². The van der Waals surface area contributed by atoms with E-state index in [9.17, 15) is 0 Å². The Kier molecular flexibility index (Phi) is 4.36. The maximum atomic E-state index is 5.99. The fourth-order valence-electron chi connectivity index (χ4n) is 1.99. The van der Waals surface area contributed by atoms with Gasteiger partial charge in [-0.25, -0.2) is 0 Å². The van der Waals surface area contributed by atoms with Crippen molar-refractivity contribution in [2.45, 2.75) is 12.8 Å². The zero-order chi connectivity index (χ0) is 12.8. The summed E-state index contributed by atoms with van der Waals surface area (Å²) in [5, 5.41) is 7.66. The van der Waals surface area contributed by atoms with E-state index in [2.05, 4.69) is 21.7 Å². The van der Waals surface area contributed by atoms with Gasteiger partial charge in [0, 0.05) is 11.9 Å². The third-order valence-electron chi connectivity index (χ3n) is 2.96. The summed E-state index contributed by atoms with van der Waals surface area (Å²) in [6, 6.07) is 8.05. The van der Waals surface area contributed by atoms with E-state index >= 15 is 0 Å². The van der Waals surface area contributed by atoms with Gasteiger partial charge >= 0.3 is 0 Å². The average Bonchev–Trinajstić information content (AvgIpc) is 2.41. The van der Waals surface area contributed by atoms with Crippen LogP contribution in [0.4, 0.5) is 11.4 Å². The van der Waals surface area contributed by atoms with E-state index in [0.717, 1.165) is 42.5 Å². The van der Waals surface area contributed by atoms with Crippen LogP contribution in [0.2, 0.25) is 0 Å². The van der Waals surface area contributed by atoms with Gasteiger partial charge in [-0.3, -0.25) is 4.98 Å². The monoisotopic (exact) mass is 244 g/mol. The van der Waals surface area contributed by atoms with Gasteiger partial charge in [0.15, 0.2) is 0 Å². The van der Waals surface area contributed by atoms with Crippen molar-refractivity contribution in [3.63, 3.8) is 0 Å². The van der Waals surface area contributed by atoms with Crippen molar-refractivity contribution in [3.05, 3.63) is 30.5 Å². The molecular weight excluding hydrogens is 224 g/mol. The number of nitrogens with one attached hydrogen (secondary N) is 2. The quantitative estimate of drug-likeness (QED) is 0.682. The normalized spacial score (nSPS) is 10.7. The van der Waals surface area contributed by atoms with E-state index in [4.69, 9.17) is 5.73 Å². The van der Waals surface area contributed by atoms with Gasteiger partial charge in [0.2, 0.25) is 0 Å². The first-order chi connectivity index (χ1) is 8.83. The number of hydrogen-bond donors (Lipinski definition) is 3. The van der Waals surface area contributed by atoms with Crippen molar-refractivity contribution in [1.82, 2.24) is 10.3 Å². The number of nitrogens with two attached hydrogens (primary N) is 1. The Bertz CT molecular complexity index is 510. The van der Waals surface area contributed by atoms with Crippen LogP contribution >= 0.6 is 0 Å². The molecule has 0 amide bonds. The molecule has 0 bridgehead atoms. The second-order valence-electron chi connectivity index (χ2n) is 4.34. The number of pyridine rings is 1. The number of anilines is 2. The Morgan fingerprint density at radius 2 is 1.94 bits per heavy atom. The maximum absolute atomic E-state index is 5.99. The minimum Gasteiger partial charge on any atom is -0.396 e. The maximum Gasteiger partial charge on any atom is 0.0743 e. The number of hydrogen-bond acceptors (Lipinski definition) is 4. The van der Waals surface area contributed by atoms with Crippen LogP contribution in [0.3, 0.4) is 0 Å². The highest BCUT2D eigenvalue weighted by Gasteiger charge is 2.05. The van der Waals surface area contributed by atoms with Gasteiger partial charge in [-0.05, 0) is 32.5 Å². The zero-order valence-corrected chi connectivity index (χ0v) is 10.7. The number of fused-ring (bicyclic) bond motifs is 1. The molecule has 0 aliphatic heterocycles. The molecule has 18 heavy (non-hydrogen) atoms. The molecule has 0 unspecified atom stereocenters. The molecule has 1 heterocycles. The smallest absolute Gasteiger partial charge is 0.0743 e. The van der Waals surface area contributed by atoms with Gasteiger partial charge in [0.1, 0.15) is 0 Å². The molecule has 2 aromatic rings. The molecule has 4 heteroatoms. The summed E-state index contributed by atoms with van der Waals surface area (Å²) in [4.78, 5) is 4.32. The van der Waals surface area contributed by atoms with Crippen molar-refractivity contribution in [1.29, 1.82) is 0 Å². The molecule has 0 fully saturated rings. The fraction of sp³-hybridized carbons (Fsp3) is 0.357. The van der Waals surface area contributed by atoms with E-state index in [-0.39, 0.29) is 0 Å². The van der Waals surface area contributed by atoms with Crippen molar-refractivity contribution >= 4 is 22.3 Å². The Morgan fingerprint density at radius 1 is 1.17 bits per heavy atom. The molecule has 0 saturated carbocycles. The van der Waals surface area contributed by atoms with Crippen LogP contribution in [-0.2, 0) is 0 Å². The lowest BCUT2D eigenvalue weighted by Gasteiger charge is -2.12. The molecule has 0 radical (unpaired) electrons. The Hall–Kier alpha value is -1.81. The largest absolute Gasteiger partial charge is 0.396 e. The van der Waals surface area contributed by atoms with Gasteiger partial charge in [-0.1, -0.05) is 18.2 Å². The molecule has 96 valence electrons. The predicted octanol–water partition coefficient (Wildman–Crippen LogP) is 2.23. The van der Waals surface area contributed by atoms with E-state index in [1.54, 1.807) is 6.20 Å². The minimum atomic E-state index is 0.710. The summed E-state index contributed by atoms with van der Waals surface area (Å²) in [5.74, 6) is 0. The summed E-state index contributed by atoms with van der Waals surface area (Å²) in [5.41, 5.74) is 8.68. The second kappa shape index (κ2) is 6.21. The van der Waals surface area contributed by atoms with Crippen molar-refractivity contribution in [3.8, 4) is 0 Å². The molecule has 0 spiro atoms. The number of para-hydroxylation sites is 1. The third kappa shape index (κ3) is 2.90. The number of benzene rings is 1. The molecular formula is C14H20N4. The molecule has 4 nitrogen and oxygen atoms in total. The van der Waals surface area contributed by atoms with Gasteiger partial charge in [-0.15, -0.1) is 0 Å². The number of nitrogen functional groups attached to an aromatic ring is 1. The van der Waals surface area contributed by atoms with Crippen LogP contribution in [0.15, 0.2) is 30.5 Å². The van der Waals surface area contributed by atoms with Crippen LogP contribution in [0, 0.1) is 0 Å². The summed E-state index contributed by atoms with van der Waals surface area (Å²) in [6.07, 6.45) is 4.00. The van der Waals surface area contributed by atoms with Gasteiger partial charge in [-0.2, -0.15) is 0 Å². The van der Waals surface area contributed by atoms with Crippen LogP contribution in [0.1, 0.15) is 12.8 Å². The highest BCUT2D eigenvalue weighted by Crippen LogP contribution is 2.27. The van der Waals surface area contributed by atoms with Gasteiger partial charge in [0.05, 0.1) is 23.1 Å². The SMILES string of the molecule is CNCCCCNc1c(N)cnc2ccccc12. The van der Waals surface area contributed by atoms with E-state index < -0.39 is 0 Å². The molecule has 0 aliphatic rings. The van der Waals surface area contributed by atoms with Crippen molar-refractivity contribution < 1.29 is 0 Å². The summed E-state index contributed by atoms with van der Waals surface area (Å²) in [7, 11) is 1.97. The first-order valence-electron chi connectivity index (χ1n) is 6.34. The summed E-state index contributed by atoms with van der Waals surface area (Å²) < 4.78 is 0. The number of aromatic nitrogens is 1. The Balaban J connectivity index is 2.09. The van der Waals surface area contributed by atoms with Crippen LogP contribution < -0.4 is 16.4 Å². The fourth-order valence-corrected chi connectivity index (χ4v) is 1.99. The van der Waals surface area contributed by atoms with Crippen LogP contribution in [-0.4, -0.2) is 25.1 Å². The zero-order valence-electron chi connectivity index (χ0n) is 10.7. The molecule has 2 rings (SSSR count). The lowest BCUT2D eigenvalue weighted by atomic mass is 10.1. The molecule has 0 aliphatic carbocycles. The standard InChI is InChI=1S/C14H20N4/c1-16-8-4-5-9-17-14-11-6-2-3-7-13(11)18-10-12(14)15/h2-3,6-7,10,16H,4-5,8-9,15H2,1H3,(H,17,18). The minimum absolute atomic E-state index is 0.710. The molecule has 0 saturated heterocycles. The first kappa shape index (κ1) is 12.6. The number of nitrogens with zero attached hydrogens (tertiary/aromatic N) is 1. The molecule has 4 N–H and O–H groups in total. The summed E-state index contributed by atoms with van der Waals surface area (Å²) in [6.45, 7) is 1.98. The van der Waals surface area contributed by atoms with E-state index in [0.29, 0.717) is 5.69 Å². The Labute approximate surface area is 108 Å². The highest BCUT2D eigenvalue weighted by atomic mass is 14.9. The molecule has 1 aromatic carbocycles. The number of rotatable bonds is 6. The van der Waals surface area contributed by atoms with Crippen molar-refractivity contribution in [2.24, 2.45) is 0 Å². The van der Waals surface area contributed by atoms with Crippen molar-refractivity contribution in [2.75, 3.05) is 31.2 Å². The van der Waals surface area contributed by atoms with Gasteiger partial charge < -0.3 is 16.4 Å². The third-order valence-corrected chi connectivity index (χ3v) is 2.96. The first-order valence-corrected chi connectivity index (χ1v) is 6.34. The molecule has 0 atom stereocenters. The van der Waals surface area contributed by atoms with E-state index in [1.807, 2.05) is 25.2 Å². The number of unbranched alkanes of at least 4 members (excludes halogenated alkanes) is 1. The predicted molar refractivity (Wildman–Crippen MR) is 77.8 cm³/mol. The topological polar surface area (TPSA) is 63.0 Å². The molecule has 1 aromatic heterocycles. The van der Waals surface area contributed by atoms with E-state index in [1.165, 1.54) is 0 Å².